The fourth-order valence-electron chi connectivity index (χ4n) is 4.15. The van der Waals surface area contributed by atoms with Crippen molar-refractivity contribution in [1.82, 2.24) is 4.90 Å². The Morgan fingerprint density at radius 2 is 2.31 bits per heavy atom. The second kappa shape index (κ2) is 6.68. The zero-order valence-corrected chi connectivity index (χ0v) is 15.8. The van der Waals surface area contributed by atoms with Crippen LogP contribution in [0.3, 0.4) is 0 Å². The molecule has 1 saturated heterocycles. The monoisotopic (exact) mass is 373 g/mol. The third-order valence-electron chi connectivity index (χ3n) is 5.55. The molecule has 0 saturated carbocycles. The van der Waals surface area contributed by atoms with Gasteiger partial charge in [-0.1, -0.05) is 6.07 Å². The predicted octanol–water partition coefficient (Wildman–Crippen LogP) is 2.93. The van der Waals surface area contributed by atoms with E-state index in [1.807, 2.05) is 18.2 Å². The SMILES string of the molecule is COc1ccc2c(c1)OC[C@]1(CO)CN(Cc3csc(C(C)=O)c3)C[C@H]21. The molecule has 138 valence electrons. The number of aliphatic hydroxyl groups is 1. The molecule has 6 heteroatoms. The van der Waals surface area contributed by atoms with Gasteiger partial charge < -0.3 is 14.6 Å². The van der Waals surface area contributed by atoms with Gasteiger partial charge in [0.25, 0.3) is 0 Å². The number of hydrogen-bond acceptors (Lipinski definition) is 6. The highest BCUT2D eigenvalue weighted by atomic mass is 32.1. The molecule has 1 N–H and O–H groups in total. The van der Waals surface area contributed by atoms with Gasteiger partial charge in [0.05, 0.1) is 25.2 Å². The van der Waals surface area contributed by atoms with E-state index in [4.69, 9.17) is 9.47 Å². The Bertz CT molecular complexity index is 833. The topological polar surface area (TPSA) is 59.0 Å². The highest BCUT2D eigenvalue weighted by Crippen LogP contribution is 2.50. The second-order valence-corrected chi connectivity index (χ2v) is 8.22. The average Bonchev–Trinajstić information content (AvgIpc) is 3.26. The lowest BCUT2D eigenvalue weighted by Crippen LogP contribution is -2.42. The number of fused-ring (bicyclic) bond motifs is 3. The number of rotatable bonds is 5. The lowest BCUT2D eigenvalue weighted by Gasteiger charge is -2.38. The highest BCUT2D eigenvalue weighted by Gasteiger charge is 2.50. The number of nitrogens with zero attached hydrogens (tertiary/aromatic N) is 1. The number of thiophene rings is 1. The van der Waals surface area contributed by atoms with Crippen LogP contribution in [0.5, 0.6) is 11.5 Å². The smallest absolute Gasteiger partial charge is 0.169 e. The molecule has 0 unspecified atom stereocenters. The molecular weight excluding hydrogens is 350 g/mol. The maximum absolute atomic E-state index is 11.5. The van der Waals surface area contributed by atoms with Crippen molar-refractivity contribution in [2.45, 2.75) is 19.4 Å². The summed E-state index contributed by atoms with van der Waals surface area (Å²) in [6, 6.07) is 7.92. The number of aliphatic hydroxyl groups excluding tert-OH is 1. The Labute approximate surface area is 157 Å². The maximum Gasteiger partial charge on any atom is 0.169 e. The number of carbonyl (C=O) groups excluding carboxylic acids is 1. The van der Waals surface area contributed by atoms with E-state index in [1.54, 1.807) is 14.0 Å². The number of ketones is 1. The zero-order chi connectivity index (χ0) is 18.3. The van der Waals surface area contributed by atoms with Gasteiger partial charge in [-0.15, -0.1) is 11.3 Å². The Kier molecular flexibility index (Phi) is 4.50. The first-order valence-corrected chi connectivity index (χ1v) is 9.65. The predicted molar refractivity (Wildman–Crippen MR) is 100 cm³/mol. The van der Waals surface area contributed by atoms with Gasteiger partial charge in [0.15, 0.2) is 5.78 Å². The molecule has 2 aromatic rings. The molecule has 26 heavy (non-hydrogen) atoms. The van der Waals surface area contributed by atoms with Crippen molar-refractivity contribution >= 4 is 17.1 Å². The standard InChI is InChI=1S/C20H23NO4S/c1-13(23)19-5-14(9-26-19)7-21-8-17-16-4-3-15(24-2)6-18(16)25-12-20(17,10-21)11-22/h3-6,9,17,22H,7-8,10-12H2,1-2H3/t17-,20-/m1/s1. The van der Waals surface area contributed by atoms with Crippen LogP contribution < -0.4 is 9.47 Å². The van der Waals surface area contributed by atoms with Crippen LogP contribution in [0.1, 0.15) is 33.6 Å². The number of methoxy groups -OCH3 is 1. The molecule has 2 aliphatic heterocycles. The van der Waals surface area contributed by atoms with Gasteiger partial charge in [0, 0.05) is 37.0 Å². The summed E-state index contributed by atoms with van der Waals surface area (Å²) in [6.07, 6.45) is 0. The van der Waals surface area contributed by atoms with Crippen LogP contribution in [0.4, 0.5) is 0 Å². The van der Waals surface area contributed by atoms with E-state index in [1.165, 1.54) is 11.3 Å². The van der Waals surface area contributed by atoms with Gasteiger partial charge in [-0.2, -0.15) is 0 Å². The number of hydrogen-bond donors (Lipinski definition) is 1. The van der Waals surface area contributed by atoms with Crippen LogP contribution in [0.25, 0.3) is 0 Å². The summed E-state index contributed by atoms with van der Waals surface area (Å²) in [7, 11) is 1.65. The van der Waals surface area contributed by atoms with Crippen LogP contribution in [0.15, 0.2) is 29.6 Å². The third kappa shape index (κ3) is 2.92. The van der Waals surface area contributed by atoms with E-state index >= 15 is 0 Å². The van der Waals surface area contributed by atoms with E-state index in [-0.39, 0.29) is 23.7 Å². The zero-order valence-electron chi connectivity index (χ0n) is 15.0. The molecule has 1 aromatic heterocycles. The number of ether oxygens (including phenoxy) is 2. The molecule has 0 bridgehead atoms. The van der Waals surface area contributed by atoms with Crippen molar-refractivity contribution in [1.29, 1.82) is 0 Å². The molecule has 0 aliphatic carbocycles. The Hall–Kier alpha value is -1.89. The van der Waals surface area contributed by atoms with E-state index in [9.17, 15) is 9.90 Å². The van der Waals surface area contributed by atoms with E-state index < -0.39 is 0 Å². The number of carbonyl (C=O) groups is 1. The molecule has 0 amide bonds. The minimum atomic E-state index is -0.277. The largest absolute Gasteiger partial charge is 0.497 e. The minimum Gasteiger partial charge on any atom is -0.497 e. The first-order chi connectivity index (χ1) is 12.5. The first kappa shape index (κ1) is 17.5. The minimum absolute atomic E-state index is 0.0992. The Balaban J connectivity index is 1.58. The normalized spacial score (nSPS) is 24.7. The van der Waals surface area contributed by atoms with Gasteiger partial charge in [-0.05, 0) is 35.6 Å². The summed E-state index contributed by atoms with van der Waals surface area (Å²) >= 11 is 1.50. The van der Waals surface area contributed by atoms with Crippen LogP contribution in [-0.4, -0.2) is 49.2 Å². The van der Waals surface area contributed by atoms with E-state index in [0.717, 1.165) is 47.1 Å². The van der Waals surface area contributed by atoms with Crippen molar-refractivity contribution in [2.24, 2.45) is 5.41 Å². The molecule has 4 rings (SSSR count). The second-order valence-electron chi connectivity index (χ2n) is 7.31. The average molecular weight is 373 g/mol. The summed E-state index contributed by atoms with van der Waals surface area (Å²) in [4.78, 5) is 14.7. The summed E-state index contributed by atoms with van der Waals surface area (Å²) in [5, 5.41) is 12.2. The van der Waals surface area contributed by atoms with Gasteiger partial charge in [-0.3, -0.25) is 9.69 Å². The van der Waals surface area contributed by atoms with Gasteiger partial charge in [0.2, 0.25) is 0 Å². The summed E-state index contributed by atoms with van der Waals surface area (Å²) in [6.45, 7) is 4.64. The van der Waals surface area contributed by atoms with Crippen molar-refractivity contribution in [2.75, 3.05) is 33.4 Å². The molecule has 0 radical (unpaired) electrons. The molecule has 2 aliphatic rings. The molecule has 0 spiro atoms. The Morgan fingerprint density at radius 1 is 1.46 bits per heavy atom. The van der Waals surface area contributed by atoms with Crippen LogP contribution >= 0.6 is 11.3 Å². The van der Waals surface area contributed by atoms with E-state index in [0.29, 0.717) is 6.61 Å². The molecule has 5 nitrogen and oxygen atoms in total. The molecule has 1 aromatic carbocycles. The van der Waals surface area contributed by atoms with Crippen molar-refractivity contribution < 1.29 is 19.4 Å². The highest BCUT2D eigenvalue weighted by molar-refractivity contribution is 7.12. The van der Waals surface area contributed by atoms with Crippen molar-refractivity contribution in [3.05, 3.63) is 45.6 Å². The quantitative estimate of drug-likeness (QED) is 0.817. The number of benzene rings is 1. The first-order valence-electron chi connectivity index (χ1n) is 8.77. The maximum atomic E-state index is 11.5. The van der Waals surface area contributed by atoms with Gasteiger partial charge >= 0.3 is 0 Å². The lowest BCUT2D eigenvalue weighted by molar-refractivity contribution is 0.0456. The lowest BCUT2D eigenvalue weighted by atomic mass is 9.74. The summed E-state index contributed by atoms with van der Waals surface area (Å²) < 4.78 is 11.3. The summed E-state index contributed by atoms with van der Waals surface area (Å²) in [5.41, 5.74) is 2.02. The third-order valence-corrected chi connectivity index (χ3v) is 6.63. The van der Waals surface area contributed by atoms with Crippen molar-refractivity contribution in [3.8, 4) is 11.5 Å². The van der Waals surface area contributed by atoms with Gasteiger partial charge in [-0.25, -0.2) is 0 Å². The molecule has 2 atom stereocenters. The van der Waals surface area contributed by atoms with Crippen LogP contribution in [0, 0.1) is 5.41 Å². The van der Waals surface area contributed by atoms with Gasteiger partial charge in [0.1, 0.15) is 11.5 Å². The summed E-state index contributed by atoms with van der Waals surface area (Å²) in [5.74, 6) is 1.98. The fourth-order valence-corrected chi connectivity index (χ4v) is 4.96. The fraction of sp³-hybridized carbons (Fsp3) is 0.450. The molecule has 1 fully saturated rings. The van der Waals surface area contributed by atoms with Crippen molar-refractivity contribution in [3.63, 3.8) is 0 Å². The molecule has 3 heterocycles. The number of Topliss-reactive ketones (excluding diaryl/α,β-unsaturated/α-hetero) is 1. The van der Waals surface area contributed by atoms with Crippen LogP contribution in [-0.2, 0) is 6.54 Å². The molecular formula is C20H23NO4S. The van der Waals surface area contributed by atoms with Crippen LogP contribution in [0.2, 0.25) is 0 Å². The number of likely N-dealkylation sites (tertiary alicyclic amines) is 1. The Morgan fingerprint density at radius 3 is 3.00 bits per heavy atom. The van der Waals surface area contributed by atoms with E-state index in [2.05, 4.69) is 16.3 Å².